The fourth-order valence-electron chi connectivity index (χ4n) is 2.29. The van der Waals surface area contributed by atoms with Crippen LogP contribution in [0, 0.1) is 0 Å². The van der Waals surface area contributed by atoms with Gasteiger partial charge in [0, 0.05) is 23.1 Å². The molecule has 0 aliphatic heterocycles. The summed E-state index contributed by atoms with van der Waals surface area (Å²) in [5.74, 6) is -0.408. The second-order valence-electron chi connectivity index (χ2n) is 6.10. The van der Waals surface area contributed by atoms with Crippen LogP contribution in [-0.4, -0.2) is 53.0 Å². The number of nitrogens with one attached hydrogen (secondary N) is 1. The molecule has 0 spiro atoms. The molecule has 0 aliphatic carbocycles. The summed E-state index contributed by atoms with van der Waals surface area (Å²) < 4.78 is 27.3. The van der Waals surface area contributed by atoms with Crippen molar-refractivity contribution in [2.45, 2.75) is 4.90 Å². The van der Waals surface area contributed by atoms with Crippen molar-refractivity contribution in [1.29, 1.82) is 0 Å². The van der Waals surface area contributed by atoms with Gasteiger partial charge in [0.25, 0.3) is 10.0 Å². The van der Waals surface area contributed by atoms with Gasteiger partial charge in [-0.2, -0.15) is 0 Å². The summed E-state index contributed by atoms with van der Waals surface area (Å²) in [4.78, 5) is 14.3. The Kier molecular flexibility index (Phi) is 7.49. The minimum absolute atomic E-state index is 0.0352. The second-order valence-corrected chi connectivity index (χ2v) is 8.83. The third-order valence-corrected chi connectivity index (χ3v) is 5.94. The van der Waals surface area contributed by atoms with E-state index in [1.807, 2.05) is 19.0 Å². The highest BCUT2D eigenvalue weighted by Gasteiger charge is 2.27. The number of nitrogens with zero attached hydrogens (tertiary/aromatic N) is 2. The molecule has 0 saturated heterocycles. The summed E-state index contributed by atoms with van der Waals surface area (Å²) in [6, 6.07) is 12.1. The van der Waals surface area contributed by atoms with Crippen LogP contribution < -0.4 is 9.62 Å². The van der Waals surface area contributed by atoms with Crippen LogP contribution in [0.5, 0.6) is 0 Å². The molecule has 2 aromatic rings. The van der Waals surface area contributed by atoms with Gasteiger partial charge in [-0.25, -0.2) is 8.42 Å². The summed E-state index contributed by atoms with van der Waals surface area (Å²) in [5.41, 5.74) is 0.306. The predicted molar refractivity (Wildman–Crippen MR) is 109 cm³/mol. The van der Waals surface area contributed by atoms with E-state index in [-0.39, 0.29) is 11.4 Å². The van der Waals surface area contributed by atoms with Crippen LogP contribution in [0.3, 0.4) is 0 Å². The number of likely N-dealkylation sites (N-methyl/N-ethyl adjacent to an activating group) is 1. The molecule has 0 heterocycles. The van der Waals surface area contributed by atoms with Gasteiger partial charge in [-0.15, -0.1) is 0 Å². The average Bonchev–Trinajstić information content (AvgIpc) is 2.59. The van der Waals surface area contributed by atoms with E-state index >= 15 is 0 Å². The van der Waals surface area contributed by atoms with Crippen LogP contribution in [0.15, 0.2) is 53.4 Å². The van der Waals surface area contributed by atoms with Crippen molar-refractivity contribution in [3.8, 4) is 0 Å². The molecule has 0 unspecified atom stereocenters. The van der Waals surface area contributed by atoms with Crippen molar-refractivity contribution >= 4 is 44.8 Å². The number of hydrogen-bond donors (Lipinski definition) is 1. The minimum Gasteiger partial charge on any atom is -0.353 e. The van der Waals surface area contributed by atoms with E-state index in [9.17, 15) is 13.2 Å². The lowest BCUT2D eigenvalue weighted by molar-refractivity contribution is -0.119. The van der Waals surface area contributed by atoms with E-state index < -0.39 is 15.9 Å². The average molecular weight is 430 g/mol. The van der Waals surface area contributed by atoms with Gasteiger partial charge in [0.05, 0.1) is 10.6 Å². The highest BCUT2D eigenvalue weighted by Crippen LogP contribution is 2.26. The maximum Gasteiger partial charge on any atom is 0.264 e. The molecule has 0 aromatic heterocycles. The Morgan fingerprint density at radius 3 is 2.30 bits per heavy atom. The number of anilines is 1. The molecule has 1 amide bonds. The Balaban J connectivity index is 2.32. The number of carbonyl (C=O) groups is 1. The fraction of sp³-hybridized carbons (Fsp3) is 0.278. The molecule has 0 saturated carbocycles. The Bertz CT molecular complexity index is 887. The monoisotopic (exact) mass is 429 g/mol. The number of sulfonamides is 1. The summed E-state index contributed by atoms with van der Waals surface area (Å²) in [6.07, 6.45) is 0. The normalized spacial score (nSPS) is 11.4. The topological polar surface area (TPSA) is 69.7 Å². The lowest BCUT2D eigenvalue weighted by Gasteiger charge is -2.24. The summed E-state index contributed by atoms with van der Waals surface area (Å²) >= 11 is 11.9. The Morgan fingerprint density at radius 2 is 1.70 bits per heavy atom. The van der Waals surface area contributed by atoms with Crippen LogP contribution in [0.2, 0.25) is 10.0 Å². The molecule has 0 radical (unpaired) electrons. The molecule has 6 nitrogen and oxygen atoms in total. The number of hydrogen-bond acceptors (Lipinski definition) is 4. The van der Waals surface area contributed by atoms with Crippen molar-refractivity contribution in [3.63, 3.8) is 0 Å². The molecule has 2 aromatic carbocycles. The van der Waals surface area contributed by atoms with Gasteiger partial charge in [-0.1, -0.05) is 29.3 Å². The highest BCUT2D eigenvalue weighted by atomic mass is 35.5. The number of rotatable bonds is 8. The van der Waals surface area contributed by atoms with Crippen molar-refractivity contribution < 1.29 is 13.2 Å². The molecular formula is C18H21Cl2N3O3S. The zero-order chi connectivity index (χ0) is 20.0. The molecule has 0 fully saturated rings. The minimum atomic E-state index is -3.98. The maximum absolute atomic E-state index is 13.1. The molecule has 0 atom stereocenters. The molecule has 146 valence electrons. The maximum atomic E-state index is 13.1. The van der Waals surface area contributed by atoms with Crippen LogP contribution in [0.4, 0.5) is 5.69 Å². The van der Waals surface area contributed by atoms with Crippen LogP contribution >= 0.6 is 23.2 Å². The first kappa shape index (κ1) is 21.5. The van der Waals surface area contributed by atoms with Crippen molar-refractivity contribution in [2.24, 2.45) is 0 Å². The van der Waals surface area contributed by atoms with Crippen molar-refractivity contribution in [2.75, 3.05) is 38.0 Å². The van der Waals surface area contributed by atoms with Crippen molar-refractivity contribution in [1.82, 2.24) is 10.2 Å². The van der Waals surface area contributed by atoms with Crippen molar-refractivity contribution in [3.05, 3.63) is 58.6 Å². The second kappa shape index (κ2) is 9.41. The zero-order valence-electron chi connectivity index (χ0n) is 15.0. The van der Waals surface area contributed by atoms with Gasteiger partial charge < -0.3 is 10.2 Å². The van der Waals surface area contributed by atoms with E-state index in [2.05, 4.69) is 5.32 Å². The number of amides is 1. The van der Waals surface area contributed by atoms with Gasteiger partial charge >= 0.3 is 0 Å². The largest absolute Gasteiger partial charge is 0.353 e. The first-order valence-corrected chi connectivity index (χ1v) is 10.3. The molecule has 27 heavy (non-hydrogen) atoms. The zero-order valence-corrected chi connectivity index (χ0v) is 17.4. The standard InChI is InChI=1S/C18H21Cl2N3O3S/c1-22(2)11-10-21-18(24)13-23(16-5-3-4-15(20)12-16)27(25,26)17-8-6-14(19)7-9-17/h3-9,12H,10-11,13H2,1-2H3,(H,21,24). The lowest BCUT2D eigenvalue weighted by Crippen LogP contribution is -2.42. The Hall–Kier alpha value is -1.80. The number of benzene rings is 2. The van der Waals surface area contributed by atoms with Gasteiger partial charge in [-0.05, 0) is 56.6 Å². The third-order valence-electron chi connectivity index (χ3n) is 3.67. The third kappa shape index (κ3) is 6.10. The molecule has 0 bridgehead atoms. The lowest BCUT2D eigenvalue weighted by atomic mass is 10.3. The highest BCUT2D eigenvalue weighted by molar-refractivity contribution is 7.92. The first-order valence-electron chi connectivity index (χ1n) is 8.15. The van der Waals surface area contributed by atoms with Gasteiger partial charge in [0.1, 0.15) is 6.54 Å². The summed E-state index contributed by atoms with van der Waals surface area (Å²) in [7, 11) is -0.211. The summed E-state index contributed by atoms with van der Waals surface area (Å²) in [5, 5.41) is 3.51. The molecule has 9 heteroatoms. The van der Waals surface area contributed by atoms with Crippen LogP contribution in [0.1, 0.15) is 0 Å². The van der Waals surface area contributed by atoms with E-state index in [1.54, 1.807) is 18.2 Å². The van der Waals surface area contributed by atoms with E-state index in [4.69, 9.17) is 23.2 Å². The van der Waals surface area contributed by atoms with E-state index in [0.717, 1.165) is 4.31 Å². The van der Waals surface area contributed by atoms with Gasteiger partial charge in [0.2, 0.25) is 5.91 Å². The molecular weight excluding hydrogens is 409 g/mol. The van der Waals surface area contributed by atoms with Gasteiger partial charge in [0.15, 0.2) is 0 Å². The smallest absolute Gasteiger partial charge is 0.264 e. The van der Waals surface area contributed by atoms with E-state index in [0.29, 0.717) is 28.8 Å². The molecule has 2 rings (SSSR count). The van der Waals surface area contributed by atoms with E-state index in [1.165, 1.54) is 30.3 Å². The van der Waals surface area contributed by atoms with Gasteiger partial charge in [-0.3, -0.25) is 9.10 Å². The number of halogens is 2. The van der Waals surface area contributed by atoms with Crippen LogP contribution in [-0.2, 0) is 14.8 Å². The summed E-state index contributed by atoms with van der Waals surface area (Å²) in [6.45, 7) is 0.696. The SMILES string of the molecule is CN(C)CCNC(=O)CN(c1cccc(Cl)c1)S(=O)(=O)c1ccc(Cl)cc1. The molecule has 0 aliphatic rings. The molecule has 1 N–H and O–H groups in total. The number of carbonyl (C=O) groups excluding carboxylic acids is 1. The van der Waals surface area contributed by atoms with Crippen LogP contribution in [0.25, 0.3) is 0 Å². The quantitative estimate of drug-likeness (QED) is 0.700. The predicted octanol–water partition coefficient (Wildman–Crippen LogP) is 2.87. The Labute approximate surface area is 169 Å². The Morgan fingerprint density at radius 1 is 1.04 bits per heavy atom. The first-order chi connectivity index (χ1) is 12.7. The fourth-order valence-corrected chi connectivity index (χ4v) is 4.01.